The smallest absolute Gasteiger partial charge is 0.256 e. The van der Waals surface area contributed by atoms with Gasteiger partial charge in [0, 0.05) is 19.6 Å². The van der Waals surface area contributed by atoms with Crippen LogP contribution in [0.15, 0.2) is 18.2 Å². The van der Waals surface area contributed by atoms with Crippen LogP contribution in [0.4, 0.5) is 8.78 Å². The van der Waals surface area contributed by atoms with E-state index < -0.39 is 17.5 Å². The summed E-state index contributed by atoms with van der Waals surface area (Å²) in [6.07, 6.45) is 2.16. The number of likely N-dealkylation sites (tertiary alicyclic amines) is 1. The highest BCUT2D eigenvalue weighted by Gasteiger charge is 2.27. The van der Waals surface area contributed by atoms with Gasteiger partial charge in [0.15, 0.2) is 11.6 Å². The summed E-state index contributed by atoms with van der Waals surface area (Å²) in [6, 6.07) is 4.00. The molecule has 0 N–H and O–H groups in total. The first-order chi connectivity index (χ1) is 9.54. The average Bonchev–Trinajstić information content (AvgIpc) is 2.88. The zero-order chi connectivity index (χ0) is 14.7. The summed E-state index contributed by atoms with van der Waals surface area (Å²) in [5.74, 6) is -2.52. The molecule has 1 aromatic carbocycles. The van der Waals surface area contributed by atoms with Gasteiger partial charge in [-0.25, -0.2) is 8.78 Å². The number of amides is 1. The molecule has 1 heterocycles. The van der Waals surface area contributed by atoms with E-state index in [1.807, 2.05) is 0 Å². The highest BCUT2D eigenvalue weighted by Crippen LogP contribution is 2.19. The summed E-state index contributed by atoms with van der Waals surface area (Å²) < 4.78 is 26.8. The Bertz CT molecular complexity index is 493. The van der Waals surface area contributed by atoms with Crippen LogP contribution in [0.2, 0.25) is 0 Å². The van der Waals surface area contributed by atoms with E-state index in [1.54, 1.807) is 7.05 Å². The first kappa shape index (κ1) is 14.9. The van der Waals surface area contributed by atoms with Gasteiger partial charge in [-0.05, 0) is 38.1 Å². The molecule has 1 aromatic rings. The number of benzene rings is 1. The molecule has 0 spiro atoms. The molecule has 0 bridgehead atoms. The Morgan fingerprint density at radius 3 is 2.90 bits per heavy atom. The molecule has 20 heavy (non-hydrogen) atoms. The third kappa shape index (κ3) is 2.98. The topological polar surface area (TPSA) is 23.6 Å². The lowest BCUT2D eigenvalue weighted by Gasteiger charge is -2.27. The van der Waals surface area contributed by atoms with E-state index in [1.165, 1.54) is 17.0 Å². The number of rotatable bonds is 4. The number of hydrogen-bond donors (Lipinski definition) is 0. The number of carbonyl (C=O) groups excluding carboxylic acids is 1. The molecule has 110 valence electrons. The van der Waals surface area contributed by atoms with E-state index in [9.17, 15) is 13.6 Å². The monoisotopic (exact) mass is 282 g/mol. The van der Waals surface area contributed by atoms with Gasteiger partial charge < -0.3 is 4.90 Å². The second-order valence-corrected chi connectivity index (χ2v) is 5.21. The molecule has 1 atom stereocenters. The van der Waals surface area contributed by atoms with Crippen molar-refractivity contribution in [3.63, 3.8) is 0 Å². The Balaban J connectivity index is 2.07. The van der Waals surface area contributed by atoms with Gasteiger partial charge in [-0.3, -0.25) is 9.69 Å². The fraction of sp³-hybridized carbons (Fsp3) is 0.533. The van der Waals surface area contributed by atoms with Crippen molar-refractivity contribution in [3.8, 4) is 0 Å². The maximum atomic E-state index is 13.6. The van der Waals surface area contributed by atoms with Gasteiger partial charge in [0.05, 0.1) is 5.56 Å². The van der Waals surface area contributed by atoms with Crippen LogP contribution in [-0.4, -0.2) is 48.4 Å². The lowest BCUT2D eigenvalue weighted by molar-refractivity contribution is 0.0749. The zero-order valence-corrected chi connectivity index (χ0v) is 11.9. The molecular weight excluding hydrogens is 262 g/mol. The fourth-order valence-electron chi connectivity index (χ4n) is 2.79. The minimum atomic E-state index is -1.07. The third-order valence-corrected chi connectivity index (χ3v) is 3.92. The second kappa shape index (κ2) is 6.31. The van der Waals surface area contributed by atoms with E-state index in [4.69, 9.17) is 0 Å². The molecule has 1 amide bonds. The summed E-state index contributed by atoms with van der Waals surface area (Å²) in [6.45, 7) is 4.62. The number of carbonyl (C=O) groups is 1. The number of hydrogen-bond acceptors (Lipinski definition) is 2. The van der Waals surface area contributed by atoms with E-state index in [0.29, 0.717) is 12.6 Å². The molecule has 1 unspecified atom stereocenters. The Morgan fingerprint density at radius 1 is 1.45 bits per heavy atom. The van der Waals surface area contributed by atoms with Crippen molar-refractivity contribution in [3.05, 3.63) is 35.4 Å². The van der Waals surface area contributed by atoms with E-state index in [0.717, 1.165) is 32.0 Å². The molecule has 1 aliphatic heterocycles. The van der Waals surface area contributed by atoms with Crippen molar-refractivity contribution in [2.75, 3.05) is 26.7 Å². The molecule has 0 aliphatic carbocycles. The van der Waals surface area contributed by atoms with Crippen LogP contribution in [0.5, 0.6) is 0 Å². The molecule has 3 nitrogen and oxygen atoms in total. The van der Waals surface area contributed by atoms with Crippen LogP contribution in [0.3, 0.4) is 0 Å². The Hall–Kier alpha value is -1.49. The van der Waals surface area contributed by atoms with Crippen molar-refractivity contribution in [2.24, 2.45) is 0 Å². The third-order valence-electron chi connectivity index (χ3n) is 3.92. The van der Waals surface area contributed by atoms with Crippen LogP contribution in [0.1, 0.15) is 30.1 Å². The van der Waals surface area contributed by atoms with Gasteiger partial charge in [0.25, 0.3) is 5.91 Å². The normalized spacial score (nSPS) is 19.3. The minimum Gasteiger partial charge on any atom is -0.340 e. The van der Waals surface area contributed by atoms with Gasteiger partial charge in [-0.2, -0.15) is 0 Å². The van der Waals surface area contributed by atoms with Gasteiger partial charge in [-0.1, -0.05) is 13.0 Å². The van der Waals surface area contributed by atoms with Crippen LogP contribution >= 0.6 is 0 Å². The predicted molar refractivity (Wildman–Crippen MR) is 73.6 cm³/mol. The molecule has 2 rings (SSSR count). The summed E-state index contributed by atoms with van der Waals surface area (Å²) in [5.41, 5.74) is -0.200. The summed E-state index contributed by atoms with van der Waals surface area (Å²) in [7, 11) is 1.64. The Kier molecular flexibility index (Phi) is 4.70. The quantitative estimate of drug-likeness (QED) is 0.847. The number of likely N-dealkylation sites (N-methyl/N-ethyl adjacent to an activating group) is 2. The van der Waals surface area contributed by atoms with E-state index in [2.05, 4.69) is 11.8 Å². The highest BCUT2D eigenvalue weighted by molar-refractivity contribution is 5.94. The summed E-state index contributed by atoms with van der Waals surface area (Å²) >= 11 is 0. The molecule has 0 aromatic heterocycles. The van der Waals surface area contributed by atoms with E-state index >= 15 is 0 Å². The molecule has 1 saturated heterocycles. The SMILES string of the molecule is CCN1CCCC1CN(C)C(=O)c1cccc(F)c1F. The molecular formula is C15H20F2N2O. The summed E-state index contributed by atoms with van der Waals surface area (Å²) in [5, 5.41) is 0. The second-order valence-electron chi connectivity index (χ2n) is 5.21. The number of nitrogens with zero attached hydrogens (tertiary/aromatic N) is 2. The average molecular weight is 282 g/mol. The standard InChI is InChI=1S/C15H20F2N2O/c1-3-19-9-5-6-11(19)10-18(2)15(20)12-7-4-8-13(16)14(12)17/h4,7-8,11H,3,5-6,9-10H2,1-2H3. The molecule has 0 saturated carbocycles. The Labute approximate surface area is 118 Å². The summed E-state index contributed by atoms with van der Waals surface area (Å²) in [4.78, 5) is 16.0. The van der Waals surface area contributed by atoms with E-state index in [-0.39, 0.29) is 5.56 Å². The minimum absolute atomic E-state index is 0.200. The first-order valence-corrected chi connectivity index (χ1v) is 6.98. The van der Waals surface area contributed by atoms with Crippen molar-refractivity contribution < 1.29 is 13.6 Å². The maximum absolute atomic E-state index is 13.6. The predicted octanol–water partition coefficient (Wildman–Crippen LogP) is 2.52. The fourth-order valence-corrected chi connectivity index (χ4v) is 2.79. The molecule has 5 heteroatoms. The largest absolute Gasteiger partial charge is 0.340 e. The molecule has 1 fully saturated rings. The van der Waals surface area contributed by atoms with Crippen molar-refractivity contribution in [1.82, 2.24) is 9.80 Å². The van der Waals surface area contributed by atoms with Crippen LogP contribution in [-0.2, 0) is 0 Å². The van der Waals surface area contributed by atoms with Crippen molar-refractivity contribution >= 4 is 5.91 Å². The van der Waals surface area contributed by atoms with Crippen LogP contribution < -0.4 is 0 Å². The van der Waals surface area contributed by atoms with Crippen LogP contribution in [0.25, 0.3) is 0 Å². The van der Waals surface area contributed by atoms with Crippen molar-refractivity contribution in [1.29, 1.82) is 0 Å². The van der Waals surface area contributed by atoms with Gasteiger partial charge in [0.2, 0.25) is 0 Å². The lowest BCUT2D eigenvalue weighted by atomic mass is 10.1. The number of halogens is 2. The first-order valence-electron chi connectivity index (χ1n) is 6.98. The Morgan fingerprint density at radius 2 is 2.20 bits per heavy atom. The van der Waals surface area contributed by atoms with Crippen molar-refractivity contribution in [2.45, 2.75) is 25.8 Å². The van der Waals surface area contributed by atoms with Gasteiger partial charge >= 0.3 is 0 Å². The van der Waals surface area contributed by atoms with Crippen LogP contribution in [0, 0.1) is 11.6 Å². The van der Waals surface area contributed by atoms with Gasteiger partial charge in [0.1, 0.15) is 0 Å². The maximum Gasteiger partial charge on any atom is 0.256 e. The lowest BCUT2D eigenvalue weighted by Crippen LogP contribution is -2.41. The highest BCUT2D eigenvalue weighted by atomic mass is 19.2. The molecule has 0 radical (unpaired) electrons. The molecule has 1 aliphatic rings. The zero-order valence-electron chi connectivity index (χ0n) is 11.9. The van der Waals surface area contributed by atoms with Gasteiger partial charge in [-0.15, -0.1) is 0 Å².